The number of aromatic nitrogens is 2. The van der Waals surface area contributed by atoms with Gasteiger partial charge in [0.25, 0.3) is 0 Å². The molecule has 1 unspecified atom stereocenters. The minimum Gasteiger partial charge on any atom is -0.362 e. The predicted molar refractivity (Wildman–Crippen MR) is 60.1 cm³/mol. The molecule has 1 aromatic rings. The molecule has 1 heterocycles. The molecular weight excluding hydrogens is 221 g/mol. The zero-order valence-electron chi connectivity index (χ0n) is 8.22. The SMILES string of the molecule is CCC(C)(CCl)Nc1ncncc1Cl. The minimum atomic E-state index is -0.181. The van der Waals surface area contributed by atoms with Gasteiger partial charge in [-0.2, -0.15) is 0 Å². The van der Waals surface area contributed by atoms with Crippen LogP contribution in [0.1, 0.15) is 20.3 Å². The molecular formula is C9H13Cl2N3. The van der Waals surface area contributed by atoms with Gasteiger partial charge >= 0.3 is 0 Å². The molecule has 1 aromatic heterocycles. The molecule has 78 valence electrons. The summed E-state index contributed by atoms with van der Waals surface area (Å²) in [5.41, 5.74) is -0.181. The number of hydrogen-bond acceptors (Lipinski definition) is 3. The first kappa shape index (κ1) is 11.5. The van der Waals surface area contributed by atoms with E-state index in [1.165, 1.54) is 6.33 Å². The van der Waals surface area contributed by atoms with Crippen molar-refractivity contribution < 1.29 is 0 Å². The molecule has 0 bridgehead atoms. The summed E-state index contributed by atoms with van der Waals surface area (Å²) in [7, 11) is 0. The molecule has 0 saturated heterocycles. The van der Waals surface area contributed by atoms with Crippen LogP contribution in [0.4, 0.5) is 5.82 Å². The van der Waals surface area contributed by atoms with Crippen molar-refractivity contribution in [1.29, 1.82) is 0 Å². The summed E-state index contributed by atoms with van der Waals surface area (Å²) in [6.07, 6.45) is 3.91. The number of halogens is 2. The van der Waals surface area contributed by atoms with E-state index in [0.717, 1.165) is 6.42 Å². The second-order valence-electron chi connectivity index (χ2n) is 3.39. The third-order valence-corrected chi connectivity index (χ3v) is 3.03. The predicted octanol–water partition coefficient (Wildman–Crippen LogP) is 2.95. The van der Waals surface area contributed by atoms with Gasteiger partial charge in [-0.15, -0.1) is 11.6 Å². The third-order valence-electron chi connectivity index (χ3n) is 2.16. The number of nitrogens with zero attached hydrogens (tertiary/aromatic N) is 2. The standard InChI is InChI=1S/C9H13Cl2N3/c1-3-9(2,5-10)14-8-7(11)4-12-6-13-8/h4,6H,3,5H2,1-2H3,(H,12,13,14). The lowest BCUT2D eigenvalue weighted by Gasteiger charge is -2.27. The largest absolute Gasteiger partial charge is 0.362 e. The molecule has 0 aromatic carbocycles. The molecule has 0 fully saturated rings. The van der Waals surface area contributed by atoms with Gasteiger partial charge in [0.1, 0.15) is 17.2 Å². The van der Waals surface area contributed by atoms with Crippen LogP contribution in [-0.2, 0) is 0 Å². The Bertz CT molecular complexity index is 300. The van der Waals surface area contributed by atoms with Crippen LogP contribution in [0.25, 0.3) is 0 Å². The summed E-state index contributed by atoms with van der Waals surface area (Å²) >= 11 is 11.8. The first-order chi connectivity index (χ1) is 6.61. The second kappa shape index (κ2) is 4.80. The van der Waals surface area contributed by atoms with Crippen molar-refractivity contribution >= 4 is 29.0 Å². The topological polar surface area (TPSA) is 37.8 Å². The van der Waals surface area contributed by atoms with Crippen LogP contribution in [0.15, 0.2) is 12.5 Å². The summed E-state index contributed by atoms with van der Waals surface area (Å²) < 4.78 is 0. The zero-order chi connectivity index (χ0) is 10.6. The molecule has 0 amide bonds. The highest BCUT2D eigenvalue weighted by atomic mass is 35.5. The fourth-order valence-electron chi connectivity index (χ4n) is 0.907. The lowest BCUT2D eigenvalue weighted by Crippen LogP contribution is -2.36. The van der Waals surface area contributed by atoms with Crippen LogP contribution in [0.5, 0.6) is 0 Å². The van der Waals surface area contributed by atoms with Crippen LogP contribution < -0.4 is 5.32 Å². The Kier molecular flexibility index (Phi) is 3.96. The highest BCUT2D eigenvalue weighted by Gasteiger charge is 2.21. The maximum Gasteiger partial charge on any atom is 0.148 e. The molecule has 0 spiro atoms. The maximum atomic E-state index is 5.91. The van der Waals surface area contributed by atoms with Gasteiger partial charge in [0.05, 0.1) is 6.20 Å². The summed E-state index contributed by atoms with van der Waals surface area (Å²) in [5.74, 6) is 1.13. The normalized spacial score (nSPS) is 14.9. The van der Waals surface area contributed by atoms with E-state index >= 15 is 0 Å². The van der Waals surface area contributed by atoms with Crippen LogP contribution in [0.2, 0.25) is 5.02 Å². The summed E-state index contributed by atoms with van der Waals surface area (Å²) in [5, 5.41) is 3.72. The number of nitrogens with one attached hydrogen (secondary N) is 1. The van der Waals surface area contributed by atoms with Crippen molar-refractivity contribution in [2.24, 2.45) is 0 Å². The number of hydrogen-bond donors (Lipinski definition) is 1. The molecule has 0 aliphatic carbocycles. The molecule has 5 heteroatoms. The van der Waals surface area contributed by atoms with E-state index in [1.807, 2.05) is 6.92 Å². The van der Waals surface area contributed by atoms with Crippen LogP contribution >= 0.6 is 23.2 Å². The van der Waals surface area contributed by atoms with E-state index in [0.29, 0.717) is 16.7 Å². The van der Waals surface area contributed by atoms with E-state index in [4.69, 9.17) is 23.2 Å². The Hall–Kier alpha value is -0.540. The van der Waals surface area contributed by atoms with Crippen molar-refractivity contribution in [2.45, 2.75) is 25.8 Å². The fourth-order valence-corrected chi connectivity index (χ4v) is 1.31. The summed E-state index contributed by atoms with van der Waals surface area (Å²) in [6, 6.07) is 0. The van der Waals surface area contributed by atoms with E-state index in [9.17, 15) is 0 Å². The molecule has 0 aliphatic heterocycles. The molecule has 0 radical (unpaired) electrons. The van der Waals surface area contributed by atoms with Crippen molar-refractivity contribution in [3.8, 4) is 0 Å². The van der Waals surface area contributed by atoms with Crippen molar-refractivity contribution in [1.82, 2.24) is 9.97 Å². The Morgan fingerprint density at radius 2 is 2.29 bits per heavy atom. The third kappa shape index (κ3) is 2.72. The first-order valence-corrected chi connectivity index (χ1v) is 5.32. The Labute approximate surface area is 93.9 Å². The van der Waals surface area contributed by atoms with Crippen LogP contribution in [0, 0.1) is 0 Å². The quantitative estimate of drug-likeness (QED) is 0.814. The van der Waals surface area contributed by atoms with E-state index in [1.54, 1.807) is 6.20 Å². The monoisotopic (exact) mass is 233 g/mol. The summed E-state index contributed by atoms with van der Waals surface area (Å²) in [6.45, 7) is 4.09. The van der Waals surface area contributed by atoms with Crippen LogP contribution in [-0.4, -0.2) is 21.4 Å². The van der Waals surface area contributed by atoms with E-state index in [2.05, 4.69) is 22.2 Å². The zero-order valence-corrected chi connectivity index (χ0v) is 9.73. The fraction of sp³-hybridized carbons (Fsp3) is 0.556. The lowest BCUT2D eigenvalue weighted by molar-refractivity contribution is 0.551. The molecule has 1 atom stereocenters. The Balaban J connectivity index is 2.82. The number of rotatable bonds is 4. The molecule has 0 saturated carbocycles. The molecule has 3 nitrogen and oxygen atoms in total. The van der Waals surface area contributed by atoms with Crippen molar-refractivity contribution in [3.05, 3.63) is 17.5 Å². The first-order valence-electron chi connectivity index (χ1n) is 4.41. The Morgan fingerprint density at radius 1 is 1.57 bits per heavy atom. The van der Waals surface area contributed by atoms with Gasteiger partial charge in [-0.25, -0.2) is 9.97 Å². The van der Waals surface area contributed by atoms with Crippen molar-refractivity contribution in [3.63, 3.8) is 0 Å². The van der Waals surface area contributed by atoms with Gasteiger partial charge in [-0.05, 0) is 13.3 Å². The highest BCUT2D eigenvalue weighted by Crippen LogP contribution is 2.23. The smallest absolute Gasteiger partial charge is 0.148 e. The van der Waals surface area contributed by atoms with Gasteiger partial charge in [-0.3, -0.25) is 0 Å². The lowest BCUT2D eigenvalue weighted by atomic mass is 10.0. The second-order valence-corrected chi connectivity index (χ2v) is 4.07. The van der Waals surface area contributed by atoms with Gasteiger partial charge in [0, 0.05) is 11.4 Å². The average molecular weight is 234 g/mol. The number of anilines is 1. The average Bonchev–Trinajstić information content (AvgIpc) is 2.21. The van der Waals surface area contributed by atoms with Crippen molar-refractivity contribution in [2.75, 3.05) is 11.2 Å². The maximum absolute atomic E-state index is 5.91. The van der Waals surface area contributed by atoms with Gasteiger partial charge in [-0.1, -0.05) is 18.5 Å². The summed E-state index contributed by atoms with van der Waals surface area (Å²) in [4.78, 5) is 7.86. The molecule has 0 aliphatic rings. The molecule has 1 rings (SSSR count). The van der Waals surface area contributed by atoms with Gasteiger partial charge in [0.15, 0.2) is 0 Å². The van der Waals surface area contributed by atoms with Gasteiger partial charge < -0.3 is 5.32 Å². The number of alkyl halides is 1. The van der Waals surface area contributed by atoms with Crippen LogP contribution in [0.3, 0.4) is 0 Å². The Morgan fingerprint density at radius 3 is 2.79 bits per heavy atom. The van der Waals surface area contributed by atoms with Gasteiger partial charge in [0.2, 0.25) is 0 Å². The molecule has 14 heavy (non-hydrogen) atoms. The highest BCUT2D eigenvalue weighted by molar-refractivity contribution is 6.32. The minimum absolute atomic E-state index is 0.181. The van der Waals surface area contributed by atoms with E-state index < -0.39 is 0 Å². The molecule has 1 N–H and O–H groups in total. The van der Waals surface area contributed by atoms with E-state index in [-0.39, 0.29) is 5.54 Å².